The van der Waals surface area contributed by atoms with Crippen molar-refractivity contribution in [3.8, 4) is 0 Å². The summed E-state index contributed by atoms with van der Waals surface area (Å²) in [5.41, 5.74) is -0.0868. The number of rotatable bonds is 4. The highest BCUT2D eigenvalue weighted by Gasteiger charge is 2.12. The Bertz CT molecular complexity index is 144. The monoisotopic (exact) mass is 172 g/mol. The Morgan fingerprint density at radius 2 is 1.92 bits per heavy atom. The first kappa shape index (κ1) is 11.6. The van der Waals surface area contributed by atoms with Gasteiger partial charge in [0.2, 0.25) is 0 Å². The summed E-state index contributed by atoms with van der Waals surface area (Å²) >= 11 is 0. The number of hydrogen-bond donors (Lipinski definition) is 0. The molecule has 0 fully saturated rings. The van der Waals surface area contributed by atoms with Gasteiger partial charge in [-0.1, -0.05) is 6.92 Å². The third-order valence-corrected chi connectivity index (χ3v) is 1.78. The van der Waals surface area contributed by atoms with Crippen molar-refractivity contribution in [2.45, 2.75) is 46.6 Å². The summed E-state index contributed by atoms with van der Waals surface area (Å²) < 4.78 is 5.50. The van der Waals surface area contributed by atoms with E-state index in [1.54, 1.807) is 6.92 Å². The molecule has 1 atom stereocenters. The van der Waals surface area contributed by atoms with Crippen LogP contribution in [-0.4, -0.2) is 18.0 Å². The second-order valence-corrected chi connectivity index (χ2v) is 4.26. The van der Waals surface area contributed by atoms with Crippen LogP contribution in [0.5, 0.6) is 0 Å². The van der Waals surface area contributed by atoms with E-state index in [2.05, 4.69) is 0 Å². The number of hydrogen-bond acceptors (Lipinski definition) is 2. The maximum absolute atomic E-state index is 10.8. The van der Waals surface area contributed by atoms with Crippen molar-refractivity contribution in [3.05, 3.63) is 0 Å². The number of Topliss-reactive ketones (excluding diaryl/α,β-unsaturated/α-hetero) is 1. The minimum atomic E-state index is -0.0868. The summed E-state index contributed by atoms with van der Waals surface area (Å²) in [6.45, 7) is 10.3. The lowest BCUT2D eigenvalue weighted by Gasteiger charge is -2.20. The Morgan fingerprint density at radius 3 is 2.25 bits per heavy atom. The van der Waals surface area contributed by atoms with Crippen molar-refractivity contribution >= 4 is 5.78 Å². The van der Waals surface area contributed by atoms with Crippen molar-refractivity contribution in [1.29, 1.82) is 0 Å². The molecule has 0 rings (SSSR count). The van der Waals surface area contributed by atoms with E-state index in [1.165, 1.54) is 0 Å². The summed E-state index contributed by atoms with van der Waals surface area (Å²) in [7, 11) is 0. The summed E-state index contributed by atoms with van der Waals surface area (Å²) in [6, 6.07) is 0. The summed E-state index contributed by atoms with van der Waals surface area (Å²) in [4.78, 5) is 10.8. The van der Waals surface area contributed by atoms with Gasteiger partial charge in [0.25, 0.3) is 0 Å². The van der Waals surface area contributed by atoms with Crippen molar-refractivity contribution in [1.82, 2.24) is 0 Å². The molecule has 1 unspecified atom stereocenters. The fourth-order valence-corrected chi connectivity index (χ4v) is 0.745. The molecule has 0 saturated heterocycles. The number of carbonyl (C=O) groups excluding carboxylic acids is 1. The highest BCUT2D eigenvalue weighted by molar-refractivity contribution is 5.77. The first-order valence-electron chi connectivity index (χ1n) is 4.47. The lowest BCUT2D eigenvalue weighted by Crippen LogP contribution is -2.21. The average Bonchev–Trinajstić information content (AvgIpc) is 1.84. The van der Waals surface area contributed by atoms with Gasteiger partial charge in [-0.3, -0.25) is 4.79 Å². The van der Waals surface area contributed by atoms with Crippen LogP contribution in [0, 0.1) is 5.92 Å². The number of ether oxygens (including phenoxy) is 1. The van der Waals surface area contributed by atoms with E-state index in [4.69, 9.17) is 4.74 Å². The lowest BCUT2D eigenvalue weighted by atomic mass is 10.0. The van der Waals surface area contributed by atoms with Gasteiger partial charge in [0.05, 0.1) is 5.60 Å². The molecule has 72 valence electrons. The molecular formula is C10H20O2. The zero-order valence-corrected chi connectivity index (χ0v) is 8.81. The van der Waals surface area contributed by atoms with Crippen LogP contribution in [0.2, 0.25) is 0 Å². The van der Waals surface area contributed by atoms with Crippen LogP contribution >= 0.6 is 0 Å². The third kappa shape index (κ3) is 6.35. The predicted molar refractivity (Wildman–Crippen MR) is 50.2 cm³/mol. The zero-order chi connectivity index (χ0) is 9.78. The third-order valence-electron chi connectivity index (χ3n) is 1.78. The quantitative estimate of drug-likeness (QED) is 0.651. The van der Waals surface area contributed by atoms with E-state index in [0.717, 1.165) is 6.42 Å². The topological polar surface area (TPSA) is 26.3 Å². The second kappa shape index (κ2) is 4.61. The predicted octanol–water partition coefficient (Wildman–Crippen LogP) is 2.42. The Balaban J connectivity index is 3.51. The molecule has 2 nitrogen and oxygen atoms in total. The normalized spacial score (nSPS) is 14.4. The van der Waals surface area contributed by atoms with Gasteiger partial charge in [-0.05, 0) is 34.1 Å². The Kier molecular flexibility index (Phi) is 4.46. The molecule has 12 heavy (non-hydrogen) atoms. The van der Waals surface area contributed by atoms with Crippen LogP contribution in [0.4, 0.5) is 0 Å². The van der Waals surface area contributed by atoms with Crippen LogP contribution in [0.1, 0.15) is 41.0 Å². The van der Waals surface area contributed by atoms with Gasteiger partial charge >= 0.3 is 0 Å². The molecule has 0 aliphatic rings. The fraction of sp³-hybridized carbons (Fsp3) is 0.900. The lowest BCUT2D eigenvalue weighted by molar-refractivity contribution is -0.121. The molecule has 0 heterocycles. The minimum absolute atomic E-state index is 0.0868. The van der Waals surface area contributed by atoms with Crippen LogP contribution in [0.25, 0.3) is 0 Å². The summed E-state index contributed by atoms with van der Waals surface area (Å²) in [5.74, 6) is 0.375. The molecule has 0 N–H and O–H groups in total. The summed E-state index contributed by atoms with van der Waals surface area (Å²) in [6.07, 6.45) is 0.826. The van der Waals surface area contributed by atoms with Crippen molar-refractivity contribution < 1.29 is 9.53 Å². The van der Waals surface area contributed by atoms with Gasteiger partial charge in [0, 0.05) is 12.5 Å². The highest BCUT2D eigenvalue weighted by atomic mass is 16.5. The molecule has 0 aromatic rings. The van der Waals surface area contributed by atoms with Gasteiger partial charge in [-0.2, -0.15) is 0 Å². The van der Waals surface area contributed by atoms with Crippen LogP contribution in [0.15, 0.2) is 0 Å². The number of carbonyl (C=O) groups is 1. The molecule has 0 amide bonds. The molecule has 0 spiro atoms. The first-order chi connectivity index (χ1) is 5.33. The summed E-state index contributed by atoms with van der Waals surface area (Å²) in [5, 5.41) is 0. The minimum Gasteiger partial charge on any atom is -0.376 e. The maximum Gasteiger partial charge on any atom is 0.132 e. The maximum atomic E-state index is 10.8. The van der Waals surface area contributed by atoms with Gasteiger partial charge in [0.1, 0.15) is 5.78 Å². The standard InChI is InChI=1S/C10H20O2/c1-8(9(2)11)6-7-12-10(3,4)5/h8H,6-7H2,1-5H3. The van der Waals surface area contributed by atoms with Crippen LogP contribution in [0.3, 0.4) is 0 Å². The molecule has 0 aromatic heterocycles. The van der Waals surface area contributed by atoms with E-state index in [-0.39, 0.29) is 17.3 Å². The fourth-order valence-electron chi connectivity index (χ4n) is 0.745. The first-order valence-corrected chi connectivity index (χ1v) is 4.47. The van der Waals surface area contributed by atoms with Crippen molar-refractivity contribution in [3.63, 3.8) is 0 Å². The van der Waals surface area contributed by atoms with Crippen LogP contribution < -0.4 is 0 Å². The Hall–Kier alpha value is -0.370. The smallest absolute Gasteiger partial charge is 0.132 e. The van der Waals surface area contributed by atoms with E-state index in [9.17, 15) is 4.79 Å². The van der Waals surface area contributed by atoms with Crippen molar-refractivity contribution in [2.24, 2.45) is 5.92 Å². The SMILES string of the molecule is CC(=O)C(C)CCOC(C)(C)C. The number of ketones is 1. The largest absolute Gasteiger partial charge is 0.376 e. The molecular weight excluding hydrogens is 152 g/mol. The van der Waals surface area contributed by atoms with E-state index in [1.807, 2.05) is 27.7 Å². The van der Waals surface area contributed by atoms with Gasteiger partial charge in [0.15, 0.2) is 0 Å². The second-order valence-electron chi connectivity index (χ2n) is 4.26. The molecule has 0 aromatic carbocycles. The zero-order valence-electron chi connectivity index (χ0n) is 8.81. The van der Waals surface area contributed by atoms with E-state index in [0.29, 0.717) is 6.61 Å². The molecule has 0 aliphatic carbocycles. The molecule has 0 bridgehead atoms. The molecule has 0 radical (unpaired) electrons. The molecule has 2 heteroatoms. The Morgan fingerprint density at radius 1 is 1.42 bits per heavy atom. The van der Waals surface area contributed by atoms with E-state index < -0.39 is 0 Å². The molecule has 0 saturated carbocycles. The van der Waals surface area contributed by atoms with Gasteiger partial charge in [-0.15, -0.1) is 0 Å². The Labute approximate surface area is 75.3 Å². The average molecular weight is 172 g/mol. The molecule has 0 aliphatic heterocycles. The van der Waals surface area contributed by atoms with E-state index >= 15 is 0 Å². The van der Waals surface area contributed by atoms with Crippen molar-refractivity contribution in [2.75, 3.05) is 6.61 Å². The highest BCUT2D eigenvalue weighted by Crippen LogP contribution is 2.10. The van der Waals surface area contributed by atoms with Gasteiger partial charge in [-0.25, -0.2) is 0 Å². The van der Waals surface area contributed by atoms with Gasteiger partial charge < -0.3 is 4.74 Å². The van der Waals surface area contributed by atoms with Crippen LogP contribution in [-0.2, 0) is 9.53 Å².